The zero-order valence-electron chi connectivity index (χ0n) is 7.57. The van der Waals surface area contributed by atoms with E-state index >= 15 is 0 Å². The molecule has 0 aliphatic carbocycles. The number of nitrogens with one attached hydrogen (secondary N) is 1. The highest BCUT2D eigenvalue weighted by molar-refractivity contribution is 7.11. The molecule has 1 rings (SSSR count). The lowest BCUT2D eigenvalue weighted by Gasteiger charge is -2.06. The smallest absolute Gasteiger partial charge is 0.320 e. The van der Waals surface area contributed by atoms with Crippen molar-refractivity contribution in [2.24, 2.45) is 0 Å². The molecule has 0 spiro atoms. The number of aryl methyl sites for hydroxylation is 1. The van der Waals surface area contributed by atoms with Crippen LogP contribution in [-0.2, 0) is 11.3 Å². The number of thiazole rings is 1. The summed E-state index contributed by atoms with van der Waals surface area (Å²) in [4.78, 5) is 15.6. The fraction of sp³-hybridized carbons (Fsp3) is 0.500. The van der Waals surface area contributed by atoms with Crippen molar-refractivity contribution >= 4 is 17.3 Å². The highest BCUT2D eigenvalue weighted by Gasteiger charge is 2.09. The van der Waals surface area contributed by atoms with Gasteiger partial charge in [-0.25, -0.2) is 4.98 Å². The van der Waals surface area contributed by atoms with E-state index in [4.69, 9.17) is 5.11 Å². The van der Waals surface area contributed by atoms with Gasteiger partial charge in [-0.15, -0.1) is 11.3 Å². The fourth-order valence-corrected chi connectivity index (χ4v) is 1.57. The monoisotopic (exact) mass is 200 g/mol. The Kier molecular flexibility index (Phi) is 3.39. The third-order valence-corrected chi connectivity index (χ3v) is 2.53. The van der Waals surface area contributed by atoms with Crippen molar-refractivity contribution in [2.75, 3.05) is 0 Å². The highest BCUT2D eigenvalue weighted by atomic mass is 32.1. The maximum Gasteiger partial charge on any atom is 0.320 e. The van der Waals surface area contributed by atoms with E-state index in [2.05, 4.69) is 10.3 Å². The molecule has 0 saturated carbocycles. The van der Waals surface area contributed by atoms with Crippen LogP contribution < -0.4 is 5.32 Å². The first-order valence-electron chi connectivity index (χ1n) is 3.97. The Morgan fingerprint density at radius 2 is 2.54 bits per heavy atom. The molecule has 1 aromatic heterocycles. The van der Waals surface area contributed by atoms with Crippen LogP contribution in [0, 0.1) is 6.92 Å². The number of rotatable bonds is 4. The van der Waals surface area contributed by atoms with E-state index in [0.717, 1.165) is 9.88 Å². The van der Waals surface area contributed by atoms with Crippen LogP contribution in [-0.4, -0.2) is 22.1 Å². The second-order valence-electron chi connectivity index (χ2n) is 2.79. The number of hydrogen-bond acceptors (Lipinski definition) is 4. The lowest BCUT2D eigenvalue weighted by atomic mass is 10.3. The number of hydrogen-bond donors (Lipinski definition) is 2. The zero-order valence-corrected chi connectivity index (χ0v) is 8.39. The molecule has 2 N–H and O–H groups in total. The summed E-state index contributed by atoms with van der Waals surface area (Å²) >= 11 is 1.57. The molecule has 0 radical (unpaired) electrons. The molecule has 0 saturated heterocycles. The Balaban J connectivity index is 2.39. The van der Waals surface area contributed by atoms with E-state index < -0.39 is 12.0 Å². The Morgan fingerprint density at radius 3 is 3.00 bits per heavy atom. The Morgan fingerprint density at radius 1 is 1.85 bits per heavy atom. The van der Waals surface area contributed by atoms with Gasteiger partial charge in [-0.05, 0) is 13.8 Å². The maximum absolute atomic E-state index is 10.5. The summed E-state index contributed by atoms with van der Waals surface area (Å²) in [5, 5.41) is 12.5. The Labute approximate surface area is 80.6 Å². The van der Waals surface area contributed by atoms with Gasteiger partial charge < -0.3 is 5.11 Å². The van der Waals surface area contributed by atoms with Gasteiger partial charge in [-0.2, -0.15) is 0 Å². The van der Waals surface area contributed by atoms with Gasteiger partial charge in [0.2, 0.25) is 0 Å². The van der Waals surface area contributed by atoms with E-state index in [1.807, 2.05) is 6.92 Å². The van der Waals surface area contributed by atoms with Crippen LogP contribution in [0.15, 0.2) is 6.20 Å². The second kappa shape index (κ2) is 4.34. The molecule has 1 unspecified atom stereocenters. The standard InChI is InChI=1S/C8H12N2O2S/c1-5(8(11)12)9-3-7-4-10-6(2)13-7/h4-5,9H,3H2,1-2H3,(H,11,12). The summed E-state index contributed by atoms with van der Waals surface area (Å²) < 4.78 is 0. The summed E-state index contributed by atoms with van der Waals surface area (Å²) in [7, 11) is 0. The Hall–Kier alpha value is -0.940. The van der Waals surface area contributed by atoms with Crippen LogP contribution in [0.2, 0.25) is 0 Å². The lowest BCUT2D eigenvalue weighted by molar-refractivity contribution is -0.139. The van der Waals surface area contributed by atoms with E-state index in [0.29, 0.717) is 6.54 Å². The van der Waals surface area contributed by atoms with Crippen LogP contribution in [0.3, 0.4) is 0 Å². The van der Waals surface area contributed by atoms with Crippen molar-refractivity contribution < 1.29 is 9.90 Å². The molecule has 1 heterocycles. The second-order valence-corrected chi connectivity index (χ2v) is 4.11. The zero-order chi connectivity index (χ0) is 9.84. The normalized spacial score (nSPS) is 12.8. The van der Waals surface area contributed by atoms with Crippen molar-refractivity contribution in [3.63, 3.8) is 0 Å². The van der Waals surface area contributed by atoms with E-state index in [-0.39, 0.29) is 0 Å². The molecule has 0 fully saturated rings. The predicted molar refractivity (Wildman–Crippen MR) is 50.8 cm³/mol. The van der Waals surface area contributed by atoms with Gasteiger partial charge >= 0.3 is 5.97 Å². The highest BCUT2D eigenvalue weighted by Crippen LogP contribution is 2.10. The van der Waals surface area contributed by atoms with Crippen LogP contribution in [0.25, 0.3) is 0 Å². The minimum absolute atomic E-state index is 0.512. The van der Waals surface area contributed by atoms with Crippen molar-refractivity contribution in [1.29, 1.82) is 0 Å². The molecule has 0 aliphatic heterocycles. The third kappa shape index (κ3) is 3.12. The molecule has 72 valence electrons. The van der Waals surface area contributed by atoms with Gasteiger partial charge in [0.05, 0.1) is 5.01 Å². The molecule has 1 aromatic rings. The molecular weight excluding hydrogens is 188 g/mol. The molecule has 1 atom stereocenters. The lowest BCUT2D eigenvalue weighted by Crippen LogP contribution is -2.32. The first-order valence-corrected chi connectivity index (χ1v) is 4.78. The SMILES string of the molecule is Cc1ncc(CNC(C)C(=O)O)s1. The average Bonchev–Trinajstić information content (AvgIpc) is 2.47. The van der Waals surface area contributed by atoms with E-state index in [1.54, 1.807) is 24.5 Å². The number of carbonyl (C=O) groups is 1. The van der Waals surface area contributed by atoms with Gasteiger partial charge in [0.1, 0.15) is 6.04 Å². The molecule has 13 heavy (non-hydrogen) atoms. The van der Waals surface area contributed by atoms with Crippen molar-refractivity contribution in [3.05, 3.63) is 16.1 Å². The first-order chi connectivity index (χ1) is 6.09. The molecule has 5 heteroatoms. The number of nitrogens with zero attached hydrogens (tertiary/aromatic N) is 1. The van der Waals surface area contributed by atoms with Gasteiger partial charge in [0.25, 0.3) is 0 Å². The summed E-state index contributed by atoms with van der Waals surface area (Å²) in [6.07, 6.45) is 1.77. The topological polar surface area (TPSA) is 62.2 Å². The fourth-order valence-electron chi connectivity index (χ4n) is 0.828. The van der Waals surface area contributed by atoms with Crippen LogP contribution in [0.5, 0.6) is 0 Å². The average molecular weight is 200 g/mol. The van der Waals surface area contributed by atoms with Crippen molar-refractivity contribution in [1.82, 2.24) is 10.3 Å². The first kappa shape index (κ1) is 10.1. The van der Waals surface area contributed by atoms with Gasteiger partial charge in [0.15, 0.2) is 0 Å². The molecule has 0 aromatic carbocycles. The number of aliphatic carboxylic acids is 1. The number of carboxylic acid groups (broad SMARTS) is 1. The summed E-state index contributed by atoms with van der Waals surface area (Å²) in [6, 6.07) is -0.512. The quantitative estimate of drug-likeness (QED) is 0.761. The predicted octanol–water partition coefficient (Wildman–Crippen LogP) is 1.01. The number of carboxylic acids is 1. The molecule has 0 amide bonds. The summed E-state index contributed by atoms with van der Waals surface area (Å²) in [6.45, 7) is 4.12. The molecule has 0 aliphatic rings. The van der Waals surface area contributed by atoms with Gasteiger partial charge in [0, 0.05) is 17.6 Å². The maximum atomic E-state index is 10.5. The third-order valence-electron chi connectivity index (χ3n) is 1.62. The van der Waals surface area contributed by atoms with E-state index in [9.17, 15) is 4.79 Å². The van der Waals surface area contributed by atoms with Crippen molar-refractivity contribution in [2.45, 2.75) is 26.4 Å². The van der Waals surface area contributed by atoms with E-state index in [1.165, 1.54) is 0 Å². The summed E-state index contributed by atoms with van der Waals surface area (Å²) in [5.74, 6) is -0.832. The number of aromatic nitrogens is 1. The van der Waals surface area contributed by atoms with Gasteiger partial charge in [-0.1, -0.05) is 0 Å². The largest absolute Gasteiger partial charge is 0.480 e. The van der Waals surface area contributed by atoms with Crippen LogP contribution in [0.1, 0.15) is 16.8 Å². The Bertz CT molecular complexity index is 298. The summed E-state index contributed by atoms with van der Waals surface area (Å²) in [5.41, 5.74) is 0. The van der Waals surface area contributed by atoms with Gasteiger partial charge in [-0.3, -0.25) is 10.1 Å². The van der Waals surface area contributed by atoms with Crippen LogP contribution >= 0.6 is 11.3 Å². The van der Waals surface area contributed by atoms with Crippen molar-refractivity contribution in [3.8, 4) is 0 Å². The van der Waals surface area contributed by atoms with Crippen LogP contribution in [0.4, 0.5) is 0 Å². The molecule has 0 bridgehead atoms. The minimum atomic E-state index is -0.832. The molecule has 4 nitrogen and oxygen atoms in total. The molecular formula is C8H12N2O2S. The minimum Gasteiger partial charge on any atom is -0.480 e.